The van der Waals surface area contributed by atoms with Crippen LogP contribution in [0.1, 0.15) is 6.92 Å². The molecule has 152 valence electrons. The first-order valence-corrected chi connectivity index (χ1v) is 12.8. The van der Waals surface area contributed by atoms with Gasteiger partial charge in [-0.2, -0.15) is 0 Å². The molecule has 0 fully saturated rings. The minimum Gasteiger partial charge on any atom is -0.324 e. The molecule has 0 rings (SSSR count). The number of nitrogens with zero attached hydrogens (tertiary/aromatic N) is 3. The molecule has 0 saturated heterocycles. The van der Waals surface area contributed by atoms with E-state index < -0.39 is 41.6 Å². The van der Waals surface area contributed by atoms with Gasteiger partial charge < -0.3 is 29.4 Å². The molecule has 6 N–H and O–H groups in total. The van der Waals surface area contributed by atoms with Crippen LogP contribution in [-0.4, -0.2) is 103 Å². The molecule has 0 saturated carbocycles. The fourth-order valence-electron chi connectivity index (χ4n) is 2.08. The Morgan fingerprint density at radius 3 is 1.40 bits per heavy atom. The maximum Gasteiger partial charge on any atom is 0.339 e. The number of likely N-dealkylation sites (N-methyl/N-ethyl adjacent to an activating group) is 2. The topological polar surface area (TPSA) is 182 Å². The largest absolute Gasteiger partial charge is 0.339 e. The zero-order chi connectivity index (χ0) is 19.9. The van der Waals surface area contributed by atoms with Crippen molar-refractivity contribution < 1.29 is 43.1 Å². The molecule has 0 amide bonds. The standard InChI is InChI=1S/C10H28N3O9P3/c1-3-12(9-24(17,18)19)6-7-13(10-25(20,21)22)5-4-11(2)8-23(14,15)16/h3-10H2,1-2H3,(H2,14,15,16)(H2,17,18,19)(H2,20,21,22). The molecule has 0 heterocycles. The Morgan fingerprint density at radius 2 is 1.00 bits per heavy atom. The average Bonchev–Trinajstić information content (AvgIpc) is 2.35. The second-order valence-electron chi connectivity index (χ2n) is 5.83. The number of hydrogen-bond donors (Lipinski definition) is 6. The van der Waals surface area contributed by atoms with Gasteiger partial charge in [0.05, 0.1) is 0 Å². The van der Waals surface area contributed by atoms with E-state index in [-0.39, 0.29) is 26.2 Å². The molecule has 15 heteroatoms. The summed E-state index contributed by atoms with van der Waals surface area (Å²) in [6.45, 7) is 2.68. The average molecular weight is 427 g/mol. The lowest BCUT2D eigenvalue weighted by molar-refractivity contribution is 0.203. The molecule has 0 radical (unpaired) electrons. The van der Waals surface area contributed by atoms with Crippen molar-refractivity contribution >= 4 is 22.8 Å². The minimum atomic E-state index is -4.35. The van der Waals surface area contributed by atoms with Crippen molar-refractivity contribution in [2.75, 3.05) is 58.6 Å². The third-order valence-corrected chi connectivity index (χ3v) is 5.56. The Balaban J connectivity index is 4.69. The van der Waals surface area contributed by atoms with Gasteiger partial charge in [0.1, 0.15) is 18.9 Å². The maximum atomic E-state index is 11.2. The molecule has 0 unspecified atom stereocenters. The highest BCUT2D eigenvalue weighted by Crippen LogP contribution is 2.37. The van der Waals surface area contributed by atoms with E-state index in [1.54, 1.807) is 6.92 Å². The molecule has 0 aromatic heterocycles. The van der Waals surface area contributed by atoms with E-state index in [0.717, 1.165) is 0 Å². The molecule has 25 heavy (non-hydrogen) atoms. The Hall–Kier alpha value is 0.330. The second-order valence-corrected chi connectivity index (χ2v) is 10.7. The van der Waals surface area contributed by atoms with E-state index in [9.17, 15) is 13.7 Å². The fourth-order valence-corrected chi connectivity index (χ4v) is 4.52. The predicted molar refractivity (Wildman–Crippen MR) is 92.2 cm³/mol. The molecular formula is C10H28N3O9P3. The van der Waals surface area contributed by atoms with Gasteiger partial charge in [-0.3, -0.25) is 28.4 Å². The van der Waals surface area contributed by atoms with Crippen LogP contribution in [0.2, 0.25) is 0 Å². The SMILES string of the molecule is CCN(CCN(CCN(C)CP(=O)(O)O)CP(=O)(O)O)CP(=O)(O)O. The molecule has 0 bridgehead atoms. The van der Waals surface area contributed by atoms with E-state index in [1.807, 2.05) is 0 Å². The van der Waals surface area contributed by atoms with E-state index in [1.165, 1.54) is 21.7 Å². The lowest BCUT2D eigenvalue weighted by Gasteiger charge is -2.28. The van der Waals surface area contributed by atoms with Crippen LogP contribution < -0.4 is 0 Å². The van der Waals surface area contributed by atoms with Crippen LogP contribution in [0.5, 0.6) is 0 Å². The Bertz CT molecular complexity index is 531. The van der Waals surface area contributed by atoms with Gasteiger partial charge in [-0.15, -0.1) is 0 Å². The summed E-state index contributed by atoms with van der Waals surface area (Å²) in [6, 6.07) is 0. The van der Waals surface area contributed by atoms with Crippen molar-refractivity contribution in [1.29, 1.82) is 0 Å². The maximum absolute atomic E-state index is 11.2. The van der Waals surface area contributed by atoms with Crippen LogP contribution in [0.15, 0.2) is 0 Å². The summed E-state index contributed by atoms with van der Waals surface area (Å²) in [7, 11) is -11.3. The van der Waals surface area contributed by atoms with Crippen LogP contribution in [0.4, 0.5) is 0 Å². The van der Waals surface area contributed by atoms with Crippen molar-refractivity contribution in [3.63, 3.8) is 0 Å². The Kier molecular flexibility index (Phi) is 10.7. The van der Waals surface area contributed by atoms with Gasteiger partial charge in [-0.25, -0.2) is 0 Å². The highest BCUT2D eigenvalue weighted by Gasteiger charge is 2.23. The molecule has 0 aliphatic carbocycles. The Labute approximate surface area is 146 Å². The normalized spacial score (nSPS) is 14.0. The van der Waals surface area contributed by atoms with Crippen molar-refractivity contribution in [1.82, 2.24) is 14.7 Å². The summed E-state index contributed by atoms with van der Waals surface area (Å²) in [4.78, 5) is 58.3. The second kappa shape index (κ2) is 10.6. The molecule has 0 aliphatic heterocycles. The van der Waals surface area contributed by atoms with Crippen LogP contribution in [0, 0.1) is 0 Å². The van der Waals surface area contributed by atoms with Crippen molar-refractivity contribution in [3.05, 3.63) is 0 Å². The smallest absolute Gasteiger partial charge is 0.324 e. The molecule has 0 aromatic rings. The molecule has 0 aliphatic rings. The quantitative estimate of drug-likeness (QED) is 0.196. The van der Waals surface area contributed by atoms with Gasteiger partial charge in [0.15, 0.2) is 0 Å². The fraction of sp³-hybridized carbons (Fsp3) is 1.00. The monoisotopic (exact) mass is 427 g/mol. The molecule has 12 nitrogen and oxygen atoms in total. The van der Waals surface area contributed by atoms with Gasteiger partial charge in [0, 0.05) is 26.2 Å². The van der Waals surface area contributed by atoms with Gasteiger partial charge >= 0.3 is 22.8 Å². The first-order valence-electron chi connectivity index (χ1n) is 7.38. The van der Waals surface area contributed by atoms with Gasteiger partial charge in [0.25, 0.3) is 0 Å². The number of hydrogen-bond acceptors (Lipinski definition) is 6. The van der Waals surface area contributed by atoms with E-state index >= 15 is 0 Å². The highest BCUT2D eigenvalue weighted by molar-refractivity contribution is 7.52. The third-order valence-electron chi connectivity index (χ3n) is 3.17. The highest BCUT2D eigenvalue weighted by atomic mass is 31.2. The van der Waals surface area contributed by atoms with Crippen LogP contribution in [-0.2, 0) is 13.7 Å². The minimum absolute atomic E-state index is 0.134. The zero-order valence-corrected chi connectivity index (χ0v) is 16.9. The number of rotatable bonds is 13. The van der Waals surface area contributed by atoms with Gasteiger partial charge in [0.2, 0.25) is 0 Å². The summed E-state index contributed by atoms with van der Waals surface area (Å²) in [5, 5.41) is 0. The lowest BCUT2D eigenvalue weighted by Crippen LogP contribution is -2.39. The summed E-state index contributed by atoms with van der Waals surface area (Å²) >= 11 is 0. The molecule has 0 aromatic carbocycles. The summed E-state index contributed by atoms with van der Waals surface area (Å²) in [5.41, 5.74) is 0. The van der Waals surface area contributed by atoms with Crippen LogP contribution in [0.3, 0.4) is 0 Å². The first kappa shape index (κ1) is 25.3. The van der Waals surface area contributed by atoms with Crippen LogP contribution >= 0.6 is 22.8 Å². The Morgan fingerprint density at radius 1 is 0.640 bits per heavy atom. The summed E-state index contributed by atoms with van der Waals surface area (Å²) in [6.07, 6.45) is -1.48. The van der Waals surface area contributed by atoms with E-state index in [0.29, 0.717) is 6.54 Å². The van der Waals surface area contributed by atoms with Crippen LogP contribution in [0.25, 0.3) is 0 Å². The predicted octanol–water partition coefficient (Wildman–Crippen LogP) is -1.05. The van der Waals surface area contributed by atoms with E-state index in [4.69, 9.17) is 29.4 Å². The van der Waals surface area contributed by atoms with Gasteiger partial charge in [-0.05, 0) is 13.6 Å². The lowest BCUT2D eigenvalue weighted by atomic mass is 10.4. The summed E-state index contributed by atoms with van der Waals surface area (Å²) in [5.74, 6) is 0. The third kappa shape index (κ3) is 16.2. The van der Waals surface area contributed by atoms with Gasteiger partial charge in [-0.1, -0.05) is 6.92 Å². The molecule has 0 atom stereocenters. The van der Waals surface area contributed by atoms with Crippen molar-refractivity contribution in [3.8, 4) is 0 Å². The van der Waals surface area contributed by atoms with E-state index in [2.05, 4.69) is 0 Å². The molecular weight excluding hydrogens is 399 g/mol. The van der Waals surface area contributed by atoms with Crippen molar-refractivity contribution in [2.45, 2.75) is 6.92 Å². The zero-order valence-electron chi connectivity index (χ0n) is 14.2. The molecule has 0 spiro atoms. The van der Waals surface area contributed by atoms with Crippen molar-refractivity contribution in [2.24, 2.45) is 0 Å². The summed E-state index contributed by atoms with van der Waals surface area (Å²) < 4.78 is 33.2. The first-order chi connectivity index (χ1) is 11.1.